The topological polar surface area (TPSA) is 33.5 Å². The molecule has 1 aromatic heterocycles. The molecule has 1 aliphatic rings. The number of hydrogen-bond acceptors (Lipinski definition) is 4. The number of rotatable bonds is 4. The molecule has 1 fully saturated rings. The summed E-state index contributed by atoms with van der Waals surface area (Å²) >= 11 is 3.41. The van der Waals surface area contributed by atoms with Crippen molar-refractivity contribution in [2.75, 3.05) is 24.3 Å². The quantitative estimate of drug-likeness (QED) is 0.865. The SMILES string of the molecule is CSCCN1C(=O)CSC1c1cc2ccccc2o1. The number of fused-ring (bicyclic) bond motifs is 1. The molecule has 0 saturated carbocycles. The fourth-order valence-corrected chi connectivity index (χ4v) is 3.77. The van der Waals surface area contributed by atoms with E-state index in [4.69, 9.17) is 4.42 Å². The summed E-state index contributed by atoms with van der Waals surface area (Å²) in [6, 6.07) is 10.0. The van der Waals surface area contributed by atoms with E-state index in [1.54, 1.807) is 23.5 Å². The van der Waals surface area contributed by atoms with E-state index in [0.717, 1.165) is 29.0 Å². The van der Waals surface area contributed by atoms with Gasteiger partial charge in [-0.05, 0) is 18.4 Å². The first-order valence-electron chi connectivity index (χ1n) is 6.18. The Morgan fingerprint density at radius 2 is 2.32 bits per heavy atom. The molecule has 0 spiro atoms. The molecule has 2 aromatic rings. The molecule has 19 heavy (non-hydrogen) atoms. The lowest BCUT2D eigenvalue weighted by Gasteiger charge is -2.21. The number of hydrogen-bond donors (Lipinski definition) is 0. The van der Waals surface area contributed by atoms with E-state index < -0.39 is 0 Å². The third kappa shape index (κ3) is 2.49. The largest absolute Gasteiger partial charge is 0.458 e. The summed E-state index contributed by atoms with van der Waals surface area (Å²) in [6.45, 7) is 0.786. The molecule has 0 aliphatic carbocycles. The maximum Gasteiger partial charge on any atom is 0.233 e. The van der Waals surface area contributed by atoms with Crippen LogP contribution in [0, 0.1) is 0 Å². The van der Waals surface area contributed by atoms with E-state index in [1.165, 1.54) is 0 Å². The third-order valence-corrected chi connectivity index (χ3v) is 5.00. The van der Waals surface area contributed by atoms with Gasteiger partial charge in [-0.1, -0.05) is 18.2 Å². The number of para-hydroxylation sites is 1. The molecular weight excluding hydrogens is 278 g/mol. The normalized spacial score (nSPS) is 19.5. The zero-order valence-corrected chi connectivity index (χ0v) is 12.3. The lowest BCUT2D eigenvalue weighted by molar-refractivity contribution is -0.127. The van der Waals surface area contributed by atoms with Crippen molar-refractivity contribution < 1.29 is 9.21 Å². The van der Waals surface area contributed by atoms with Gasteiger partial charge in [0.1, 0.15) is 16.7 Å². The molecule has 1 amide bonds. The van der Waals surface area contributed by atoms with Gasteiger partial charge in [-0.25, -0.2) is 0 Å². The Morgan fingerprint density at radius 3 is 3.11 bits per heavy atom. The smallest absolute Gasteiger partial charge is 0.233 e. The predicted octanol–water partition coefficient (Wildman–Crippen LogP) is 3.37. The van der Waals surface area contributed by atoms with Crippen molar-refractivity contribution in [3.05, 3.63) is 36.1 Å². The predicted molar refractivity (Wildman–Crippen MR) is 81.5 cm³/mol. The zero-order valence-electron chi connectivity index (χ0n) is 10.7. The molecule has 3 nitrogen and oxygen atoms in total. The highest BCUT2D eigenvalue weighted by Gasteiger charge is 2.34. The fraction of sp³-hybridized carbons (Fsp3) is 0.357. The number of carbonyl (C=O) groups excluding carboxylic acids is 1. The number of benzene rings is 1. The Balaban J connectivity index is 1.89. The van der Waals surface area contributed by atoms with Gasteiger partial charge in [0.05, 0.1) is 5.75 Å². The molecule has 1 unspecified atom stereocenters. The van der Waals surface area contributed by atoms with E-state index >= 15 is 0 Å². The summed E-state index contributed by atoms with van der Waals surface area (Å²) < 4.78 is 5.89. The average Bonchev–Trinajstić information content (AvgIpc) is 2.99. The van der Waals surface area contributed by atoms with Crippen LogP contribution < -0.4 is 0 Å². The maximum atomic E-state index is 11.9. The van der Waals surface area contributed by atoms with Crippen LogP contribution in [0.5, 0.6) is 0 Å². The molecule has 3 rings (SSSR count). The monoisotopic (exact) mass is 293 g/mol. The third-order valence-electron chi connectivity index (χ3n) is 3.19. The zero-order chi connectivity index (χ0) is 13.2. The van der Waals surface area contributed by atoms with Crippen LogP contribution in [-0.2, 0) is 4.79 Å². The minimum absolute atomic E-state index is 0.0343. The van der Waals surface area contributed by atoms with Gasteiger partial charge in [0.2, 0.25) is 5.91 Å². The highest BCUT2D eigenvalue weighted by atomic mass is 32.2. The standard InChI is InChI=1S/C14H15NO2S2/c1-18-7-6-15-13(16)9-19-14(15)12-8-10-4-2-3-5-11(10)17-12/h2-5,8,14H,6-7,9H2,1H3. The van der Waals surface area contributed by atoms with Crippen LogP contribution in [-0.4, -0.2) is 35.1 Å². The summed E-state index contributed by atoms with van der Waals surface area (Å²) in [5.41, 5.74) is 0.891. The van der Waals surface area contributed by atoms with Crippen molar-refractivity contribution in [2.45, 2.75) is 5.37 Å². The van der Waals surface area contributed by atoms with Gasteiger partial charge in [0.15, 0.2) is 0 Å². The minimum Gasteiger partial charge on any atom is -0.458 e. The summed E-state index contributed by atoms with van der Waals surface area (Å²) in [5, 5.41) is 1.13. The van der Waals surface area contributed by atoms with Crippen LogP contribution in [0.1, 0.15) is 11.1 Å². The van der Waals surface area contributed by atoms with Crippen LogP contribution in [0.25, 0.3) is 11.0 Å². The number of furan rings is 1. The van der Waals surface area contributed by atoms with E-state index in [0.29, 0.717) is 5.75 Å². The Kier molecular flexibility index (Phi) is 3.75. The van der Waals surface area contributed by atoms with E-state index in [9.17, 15) is 4.79 Å². The summed E-state index contributed by atoms with van der Waals surface area (Å²) in [5.74, 6) is 2.61. The van der Waals surface area contributed by atoms with Crippen molar-refractivity contribution in [1.29, 1.82) is 0 Å². The first-order valence-corrected chi connectivity index (χ1v) is 8.62. The van der Waals surface area contributed by atoms with E-state index in [1.807, 2.05) is 29.2 Å². The molecule has 0 radical (unpaired) electrons. The van der Waals surface area contributed by atoms with Crippen molar-refractivity contribution in [1.82, 2.24) is 4.90 Å². The molecule has 5 heteroatoms. The maximum absolute atomic E-state index is 11.9. The lowest BCUT2D eigenvalue weighted by atomic mass is 10.2. The summed E-state index contributed by atoms with van der Waals surface area (Å²) in [4.78, 5) is 13.9. The highest BCUT2D eigenvalue weighted by Crippen LogP contribution is 2.40. The Morgan fingerprint density at radius 1 is 1.47 bits per heavy atom. The second-order valence-electron chi connectivity index (χ2n) is 4.43. The average molecular weight is 293 g/mol. The Bertz CT molecular complexity index is 563. The van der Waals surface area contributed by atoms with Gasteiger partial charge < -0.3 is 9.32 Å². The van der Waals surface area contributed by atoms with Gasteiger partial charge in [-0.3, -0.25) is 4.79 Å². The number of nitrogens with zero attached hydrogens (tertiary/aromatic N) is 1. The minimum atomic E-state index is 0.0343. The van der Waals surface area contributed by atoms with Gasteiger partial charge >= 0.3 is 0 Å². The molecule has 1 saturated heterocycles. The summed E-state index contributed by atoms with van der Waals surface area (Å²) in [6.07, 6.45) is 2.06. The Hall–Kier alpha value is -1.07. The van der Waals surface area contributed by atoms with Gasteiger partial charge in [0.25, 0.3) is 0 Å². The van der Waals surface area contributed by atoms with Crippen LogP contribution in [0.4, 0.5) is 0 Å². The second-order valence-corrected chi connectivity index (χ2v) is 6.48. The Labute approximate surface area is 120 Å². The second kappa shape index (κ2) is 5.51. The van der Waals surface area contributed by atoms with Crippen LogP contribution in [0.2, 0.25) is 0 Å². The fourth-order valence-electron chi connectivity index (χ4n) is 2.25. The molecule has 1 aromatic carbocycles. The number of amides is 1. The van der Waals surface area contributed by atoms with Crippen LogP contribution in [0.15, 0.2) is 34.7 Å². The van der Waals surface area contributed by atoms with E-state index in [-0.39, 0.29) is 11.3 Å². The highest BCUT2D eigenvalue weighted by molar-refractivity contribution is 8.00. The van der Waals surface area contributed by atoms with Gasteiger partial charge in [0, 0.05) is 17.7 Å². The molecule has 1 aliphatic heterocycles. The molecule has 0 N–H and O–H groups in total. The van der Waals surface area contributed by atoms with Gasteiger partial charge in [-0.15, -0.1) is 11.8 Å². The van der Waals surface area contributed by atoms with Crippen molar-refractivity contribution in [2.24, 2.45) is 0 Å². The molecule has 1 atom stereocenters. The van der Waals surface area contributed by atoms with Crippen LogP contribution in [0.3, 0.4) is 0 Å². The number of thioether (sulfide) groups is 2. The summed E-state index contributed by atoms with van der Waals surface area (Å²) in [7, 11) is 0. The van der Waals surface area contributed by atoms with E-state index in [2.05, 4.69) is 12.3 Å². The molecule has 2 heterocycles. The first-order chi connectivity index (χ1) is 9.29. The molecule has 100 valence electrons. The van der Waals surface area contributed by atoms with Crippen molar-refractivity contribution >= 4 is 40.4 Å². The first kappa shape index (κ1) is 12.9. The van der Waals surface area contributed by atoms with Gasteiger partial charge in [-0.2, -0.15) is 11.8 Å². The van der Waals surface area contributed by atoms with Crippen LogP contribution >= 0.6 is 23.5 Å². The lowest BCUT2D eigenvalue weighted by Crippen LogP contribution is -2.30. The number of carbonyl (C=O) groups is 1. The van der Waals surface area contributed by atoms with Crippen molar-refractivity contribution in [3.8, 4) is 0 Å². The molecule has 0 bridgehead atoms. The van der Waals surface area contributed by atoms with Crippen molar-refractivity contribution in [3.63, 3.8) is 0 Å². The molecular formula is C14H15NO2S2.